The summed E-state index contributed by atoms with van der Waals surface area (Å²) in [5, 5.41) is 0. The molecule has 2 saturated heterocycles. The van der Waals surface area contributed by atoms with Gasteiger partial charge in [0.2, 0.25) is 5.91 Å². The van der Waals surface area contributed by atoms with Crippen molar-refractivity contribution in [2.45, 2.75) is 39.0 Å². The van der Waals surface area contributed by atoms with Gasteiger partial charge in [0, 0.05) is 25.4 Å². The highest BCUT2D eigenvalue weighted by Crippen LogP contribution is 2.42. The summed E-state index contributed by atoms with van der Waals surface area (Å²) in [7, 11) is -2.86. The Morgan fingerprint density at radius 3 is 2.42 bits per heavy atom. The summed E-state index contributed by atoms with van der Waals surface area (Å²) < 4.78 is 23.1. The van der Waals surface area contributed by atoms with Crippen molar-refractivity contribution in [3.63, 3.8) is 0 Å². The lowest BCUT2D eigenvalue weighted by Gasteiger charge is -2.26. The van der Waals surface area contributed by atoms with E-state index < -0.39 is 9.84 Å². The highest BCUT2D eigenvalue weighted by molar-refractivity contribution is 7.91. The van der Waals surface area contributed by atoms with Gasteiger partial charge in [-0.25, -0.2) is 8.42 Å². The smallest absolute Gasteiger partial charge is 0.222 e. The summed E-state index contributed by atoms with van der Waals surface area (Å²) in [4.78, 5) is 14.7. The van der Waals surface area contributed by atoms with Crippen LogP contribution in [0.15, 0.2) is 30.3 Å². The minimum absolute atomic E-state index is 0.0624. The molecule has 2 heterocycles. The molecule has 0 saturated carbocycles. The fourth-order valence-corrected chi connectivity index (χ4v) is 5.67. The Labute approximate surface area is 145 Å². The first-order chi connectivity index (χ1) is 11.3. The first kappa shape index (κ1) is 17.5. The average Bonchev–Trinajstić information content (AvgIpc) is 2.86. The van der Waals surface area contributed by atoms with Gasteiger partial charge in [-0.2, -0.15) is 0 Å². The number of amides is 1. The fourth-order valence-electron chi connectivity index (χ4n) is 4.09. The standard InChI is InChI=1S/C19H27NO3S/c1-19(2)14-20(13-17(19)16-6-4-3-5-7-16)18(21)12-15-8-10-24(22,23)11-9-15/h3-7,15,17H,8-14H2,1-2H3/t17-/m0/s1. The highest BCUT2D eigenvalue weighted by Gasteiger charge is 2.42. The molecular weight excluding hydrogens is 322 g/mol. The molecular formula is C19H27NO3S. The third-order valence-corrected chi connectivity index (χ3v) is 7.35. The predicted octanol–water partition coefficient (Wildman–Crippen LogP) is 2.85. The van der Waals surface area contributed by atoms with E-state index in [0.29, 0.717) is 25.2 Å². The lowest BCUT2D eigenvalue weighted by molar-refractivity contribution is -0.131. The molecule has 2 fully saturated rings. The van der Waals surface area contributed by atoms with Gasteiger partial charge in [-0.05, 0) is 29.7 Å². The van der Waals surface area contributed by atoms with Gasteiger partial charge in [0.25, 0.3) is 0 Å². The van der Waals surface area contributed by atoms with E-state index in [1.54, 1.807) is 0 Å². The maximum atomic E-state index is 12.7. The highest BCUT2D eigenvalue weighted by atomic mass is 32.2. The molecule has 0 bridgehead atoms. The molecule has 1 atom stereocenters. The van der Waals surface area contributed by atoms with Gasteiger partial charge in [-0.1, -0.05) is 44.2 Å². The quantitative estimate of drug-likeness (QED) is 0.843. The second-order valence-corrected chi connectivity index (χ2v) is 10.3. The molecule has 0 radical (unpaired) electrons. The average molecular weight is 349 g/mol. The molecule has 0 aliphatic carbocycles. The lowest BCUT2D eigenvalue weighted by Crippen LogP contribution is -2.33. The van der Waals surface area contributed by atoms with Crippen LogP contribution in [0, 0.1) is 11.3 Å². The number of rotatable bonds is 3. The maximum Gasteiger partial charge on any atom is 0.222 e. The van der Waals surface area contributed by atoms with Crippen molar-refractivity contribution in [1.82, 2.24) is 4.90 Å². The Morgan fingerprint density at radius 1 is 1.17 bits per heavy atom. The maximum absolute atomic E-state index is 12.7. The van der Waals surface area contributed by atoms with E-state index >= 15 is 0 Å². The summed E-state index contributed by atoms with van der Waals surface area (Å²) in [6.45, 7) is 5.99. The van der Waals surface area contributed by atoms with Crippen LogP contribution >= 0.6 is 0 Å². The Morgan fingerprint density at radius 2 is 1.79 bits per heavy atom. The Kier molecular flexibility index (Phi) is 4.73. The first-order valence-corrected chi connectivity index (χ1v) is 10.6. The Hall–Kier alpha value is -1.36. The second-order valence-electron chi connectivity index (χ2n) is 8.03. The Balaban J connectivity index is 1.63. The summed E-state index contributed by atoms with van der Waals surface area (Å²) in [6.07, 6.45) is 1.76. The number of sulfone groups is 1. The van der Waals surface area contributed by atoms with Crippen molar-refractivity contribution in [1.29, 1.82) is 0 Å². The van der Waals surface area contributed by atoms with Gasteiger partial charge >= 0.3 is 0 Å². The molecule has 0 aromatic heterocycles. The zero-order chi connectivity index (χ0) is 17.4. The largest absolute Gasteiger partial charge is 0.341 e. The van der Waals surface area contributed by atoms with Crippen molar-refractivity contribution in [3.05, 3.63) is 35.9 Å². The second kappa shape index (κ2) is 6.51. The normalized spacial score (nSPS) is 26.4. The van der Waals surface area contributed by atoms with Gasteiger partial charge < -0.3 is 4.90 Å². The minimum Gasteiger partial charge on any atom is -0.341 e. The third-order valence-electron chi connectivity index (χ3n) is 5.64. The predicted molar refractivity (Wildman–Crippen MR) is 95.5 cm³/mol. The van der Waals surface area contributed by atoms with Gasteiger partial charge in [0.05, 0.1) is 11.5 Å². The molecule has 132 valence electrons. The number of benzene rings is 1. The van der Waals surface area contributed by atoms with E-state index in [1.807, 2.05) is 11.0 Å². The fraction of sp³-hybridized carbons (Fsp3) is 0.632. The van der Waals surface area contributed by atoms with Crippen LogP contribution in [0.5, 0.6) is 0 Å². The van der Waals surface area contributed by atoms with Crippen LogP contribution < -0.4 is 0 Å². The molecule has 1 amide bonds. The molecule has 0 spiro atoms. The molecule has 24 heavy (non-hydrogen) atoms. The van der Waals surface area contributed by atoms with Crippen molar-refractivity contribution < 1.29 is 13.2 Å². The number of nitrogens with zero attached hydrogens (tertiary/aromatic N) is 1. The van der Waals surface area contributed by atoms with E-state index in [2.05, 4.69) is 38.1 Å². The number of hydrogen-bond acceptors (Lipinski definition) is 3. The van der Waals surface area contributed by atoms with Crippen molar-refractivity contribution in [2.24, 2.45) is 11.3 Å². The third kappa shape index (κ3) is 3.82. The zero-order valence-electron chi connectivity index (χ0n) is 14.6. The molecule has 0 unspecified atom stereocenters. The number of carbonyl (C=O) groups is 1. The van der Waals surface area contributed by atoms with Crippen molar-refractivity contribution in [3.8, 4) is 0 Å². The van der Waals surface area contributed by atoms with Crippen LogP contribution in [0.2, 0.25) is 0 Å². The van der Waals surface area contributed by atoms with Crippen LogP contribution in [0.4, 0.5) is 0 Å². The van der Waals surface area contributed by atoms with E-state index in [1.165, 1.54) is 5.56 Å². The summed E-state index contributed by atoms with van der Waals surface area (Å²) >= 11 is 0. The Bertz CT molecular complexity index is 683. The number of hydrogen-bond donors (Lipinski definition) is 0. The monoisotopic (exact) mass is 349 g/mol. The van der Waals surface area contributed by atoms with Gasteiger partial charge in [0.15, 0.2) is 0 Å². The van der Waals surface area contributed by atoms with Gasteiger partial charge in [-0.15, -0.1) is 0 Å². The van der Waals surface area contributed by atoms with E-state index in [9.17, 15) is 13.2 Å². The molecule has 1 aromatic rings. The topological polar surface area (TPSA) is 54.5 Å². The van der Waals surface area contributed by atoms with Crippen LogP contribution in [0.3, 0.4) is 0 Å². The van der Waals surface area contributed by atoms with Crippen LogP contribution in [0.25, 0.3) is 0 Å². The summed E-state index contributed by atoms with van der Waals surface area (Å²) in [5.74, 6) is 1.24. The van der Waals surface area contributed by atoms with Crippen LogP contribution in [-0.2, 0) is 14.6 Å². The molecule has 0 N–H and O–H groups in total. The van der Waals surface area contributed by atoms with Gasteiger partial charge in [0.1, 0.15) is 9.84 Å². The summed E-state index contributed by atoms with van der Waals surface area (Å²) in [6, 6.07) is 10.4. The molecule has 1 aromatic carbocycles. The first-order valence-electron chi connectivity index (χ1n) is 8.80. The van der Waals surface area contributed by atoms with Gasteiger partial charge in [-0.3, -0.25) is 4.79 Å². The molecule has 5 heteroatoms. The van der Waals surface area contributed by atoms with E-state index in [4.69, 9.17) is 0 Å². The zero-order valence-corrected chi connectivity index (χ0v) is 15.4. The molecule has 2 aliphatic rings. The van der Waals surface area contributed by atoms with Crippen molar-refractivity contribution >= 4 is 15.7 Å². The van der Waals surface area contributed by atoms with E-state index in [-0.39, 0.29) is 28.7 Å². The SMILES string of the molecule is CC1(C)CN(C(=O)CC2CCS(=O)(=O)CC2)C[C@H]1c1ccccc1. The van der Waals surface area contributed by atoms with Crippen LogP contribution in [-0.4, -0.2) is 43.8 Å². The number of carbonyl (C=O) groups excluding carboxylic acids is 1. The summed E-state index contributed by atoms with van der Waals surface area (Å²) in [5.41, 5.74) is 1.36. The number of likely N-dealkylation sites (tertiary alicyclic amines) is 1. The molecule has 3 rings (SSSR count). The van der Waals surface area contributed by atoms with Crippen LogP contribution in [0.1, 0.15) is 44.6 Å². The molecule has 2 aliphatic heterocycles. The lowest BCUT2D eigenvalue weighted by atomic mass is 9.78. The van der Waals surface area contributed by atoms with E-state index in [0.717, 1.165) is 13.1 Å². The minimum atomic E-state index is -2.86. The van der Waals surface area contributed by atoms with Crippen molar-refractivity contribution in [2.75, 3.05) is 24.6 Å². The molecule has 4 nitrogen and oxygen atoms in total.